The first kappa shape index (κ1) is 12.1. The van der Waals surface area contributed by atoms with Crippen molar-refractivity contribution >= 4 is 23.2 Å². The van der Waals surface area contributed by atoms with Crippen molar-refractivity contribution in [3.05, 3.63) is 45.8 Å². The van der Waals surface area contributed by atoms with E-state index in [4.69, 9.17) is 27.9 Å². The van der Waals surface area contributed by atoms with Gasteiger partial charge < -0.3 is 4.74 Å². The fourth-order valence-electron chi connectivity index (χ4n) is 1.54. The summed E-state index contributed by atoms with van der Waals surface area (Å²) in [7, 11) is 0. The van der Waals surface area contributed by atoms with Crippen molar-refractivity contribution in [1.82, 2.24) is 9.97 Å². The number of ether oxygens (including phenoxy) is 1. The third-order valence-electron chi connectivity index (χ3n) is 2.23. The van der Waals surface area contributed by atoms with E-state index in [0.717, 1.165) is 16.9 Å². The van der Waals surface area contributed by atoms with Crippen molar-refractivity contribution in [2.45, 2.75) is 13.8 Å². The van der Waals surface area contributed by atoms with Gasteiger partial charge in [-0.2, -0.15) is 4.98 Å². The molecule has 2 aromatic rings. The summed E-state index contributed by atoms with van der Waals surface area (Å²) in [5.41, 5.74) is 1.90. The van der Waals surface area contributed by atoms with Crippen LogP contribution in [0.1, 0.15) is 11.1 Å². The zero-order valence-electron chi connectivity index (χ0n) is 9.37. The Bertz CT molecular complexity index is 535. The lowest BCUT2D eigenvalue weighted by molar-refractivity contribution is 0.454. The number of aryl methyl sites for hydroxylation is 2. The minimum Gasteiger partial charge on any atom is -0.438 e. The Balaban J connectivity index is 2.36. The van der Waals surface area contributed by atoms with Crippen molar-refractivity contribution in [2.24, 2.45) is 0 Å². The summed E-state index contributed by atoms with van der Waals surface area (Å²) >= 11 is 11.6. The van der Waals surface area contributed by atoms with E-state index in [9.17, 15) is 0 Å². The van der Waals surface area contributed by atoms with Crippen molar-refractivity contribution in [2.75, 3.05) is 0 Å². The van der Waals surface area contributed by atoms with Gasteiger partial charge in [0.2, 0.25) is 11.2 Å². The molecule has 1 aromatic heterocycles. The molecular weight excluding hydrogens is 259 g/mol. The molecule has 0 atom stereocenters. The average molecular weight is 269 g/mol. The van der Waals surface area contributed by atoms with Gasteiger partial charge >= 0.3 is 0 Å². The van der Waals surface area contributed by atoms with E-state index in [2.05, 4.69) is 9.97 Å². The van der Waals surface area contributed by atoms with Gasteiger partial charge in [-0.3, -0.25) is 0 Å². The van der Waals surface area contributed by atoms with Crippen molar-refractivity contribution in [1.29, 1.82) is 0 Å². The topological polar surface area (TPSA) is 35.0 Å². The molecule has 1 aromatic carbocycles. The van der Waals surface area contributed by atoms with Gasteiger partial charge in [-0.05, 0) is 48.7 Å². The van der Waals surface area contributed by atoms with Crippen LogP contribution in [0.15, 0.2) is 24.4 Å². The van der Waals surface area contributed by atoms with E-state index < -0.39 is 0 Å². The van der Waals surface area contributed by atoms with Crippen LogP contribution in [-0.2, 0) is 0 Å². The number of halogens is 2. The minimum atomic E-state index is 0.159. The summed E-state index contributed by atoms with van der Waals surface area (Å²) in [4.78, 5) is 7.77. The molecule has 17 heavy (non-hydrogen) atoms. The van der Waals surface area contributed by atoms with Crippen LogP contribution in [0.25, 0.3) is 0 Å². The summed E-state index contributed by atoms with van der Waals surface area (Å²) in [6, 6.07) is 5.33. The van der Waals surface area contributed by atoms with Crippen LogP contribution >= 0.6 is 23.2 Å². The highest BCUT2D eigenvalue weighted by molar-refractivity contribution is 6.30. The van der Waals surface area contributed by atoms with Gasteiger partial charge in [-0.1, -0.05) is 11.6 Å². The van der Waals surface area contributed by atoms with E-state index >= 15 is 0 Å². The van der Waals surface area contributed by atoms with Crippen molar-refractivity contribution in [3.63, 3.8) is 0 Å². The fraction of sp³-hybridized carbons (Fsp3) is 0.167. The molecule has 0 aliphatic rings. The van der Waals surface area contributed by atoms with E-state index in [-0.39, 0.29) is 5.28 Å². The molecule has 0 N–H and O–H groups in total. The van der Waals surface area contributed by atoms with Crippen LogP contribution in [0.3, 0.4) is 0 Å². The molecule has 0 unspecified atom stereocenters. The largest absolute Gasteiger partial charge is 0.438 e. The third kappa shape index (κ3) is 2.87. The average Bonchev–Trinajstić information content (AvgIpc) is 2.23. The molecular formula is C12H10Cl2N2O. The number of nitrogens with zero attached hydrogens (tertiary/aromatic N) is 2. The summed E-state index contributed by atoms with van der Waals surface area (Å²) < 4.78 is 5.68. The summed E-state index contributed by atoms with van der Waals surface area (Å²) in [5.74, 6) is 1.16. The molecule has 0 spiro atoms. The lowest BCUT2D eigenvalue weighted by Gasteiger charge is -2.11. The minimum absolute atomic E-state index is 0.159. The van der Waals surface area contributed by atoms with Gasteiger partial charge in [-0.25, -0.2) is 4.98 Å². The van der Waals surface area contributed by atoms with Crippen molar-refractivity contribution < 1.29 is 4.74 Å². The highest BCUT2D eigenvalue weighted by Crippen LogP contribution is 2.30. The number of hydrogen-bond donors (Lipinski definition) is 0. The molecule has 2 rings (SSSR count). The second-order valence-corrected chi connectivity index (χ2v) is 4.41. The Labute approximate surface area is 109 Å². The van der Waals surface area contributed by atoms with E-state index in [1.807, 2.05) is 26.0 Å². The monoisotopic (exact) mass is 268 g/mol. The summed E-state index contributed by atoms with van der Waals surface area (Å²) in [6.45, 7) is 3.86. The van der Waals surface area contributed by atoms with E-state index in [1.54, 1.807) is 12.3 Å². The smallest absolute Gasteiger partial charge is 0.225 e. The molecule has 88 valence electrons. The standard InChI is InChI=1S/C12H10Cl2N2O/c1-7-5-9(13)6-8(2)11(7)17-10-3-4-15-12(14)16-10/h3-6H,1-2H3. The molecule has 0 aliphatic heterocycles. The van der Waals surface area contributed by atoms with Gasteiger partial charge in [0.05, 0.1) is 0 Å². The van der Waals surface area contributed by atoms with Gasteiger partial charge in [0.1, 0.15) is 5.75 Å². The Hall–Kier alpha value is -1.32. The number of benzene rings is 1. The molecule has 5 heteroatoms. The van der Waals surface area contributed by atoms with Gasteiger partial charge in [0.25, 0.3) is 0 Å². The van der Waals surface area contributed by atoms with Gasteiger partial charge in [0.15, 0.2) is 0 Å². The molecule has 0 bridgehead atoms. The van der Waals surface area contributed by atoms with Crippen LogP contribution in [0.5, 0.6) is 11.6 Å². The Morgan fingerprint density at radius 3 is 2.35 bits per heavy atom. The van der Waals surface area contributed by atoms with Crippen LogP contribution in [0, 0.1) is 13.8 Å². The zero-order valence-corrected chi connectivity index (χ0v) is 10.9. The second kappa shape index (κ2) is 4.90. The predicted molar refractivity (Wildman–Crippen MR) is 68.0 cm³/mol. The highest BCUT2D eigenvalue weighted by atomic mass is 35.5. The normalized spacial score (nSPS) is 10.4. The lowest BCUT2D eigenvalue weighted by Crippen LogP contribution is -1.94. The molecule has 1 heterocycles. The molecule has 0 aliphatic carbocycles. The first-order valence-electron chi connectivity index (χ1n) is 4.99. The number of hydrogen-bond acceptors (Lipinski definition) is 3. The zero-order chi connectivity index (χ0) is 12.4. The molecule has 3 nitrogen and oxygen atoms in total. The maximum atomic E-state index is 5.95. The van der Waals surface area contributed by atoms with Crippen LogP contribution in [-0.4, -0.2) is 9.97 Å². The SMILES string of the molecule is Cc1cc(Cl)cc(C)c1Oc1ccnc(Cl)n1. The molecule has 0 saturated heterocycles. The molecule has 0 amide bonds. The lowest BCUT2D eigenvalue weighted by atomic mass is 10.1. The molecule has 0 saturated carbocycles. The Morgan fingerprint density at radius 2 is 1.76 bits per heavy atom. The molecule has 0 radical (unpaired) electrons. The Morgan fingerprint density at radius 1 is 1.12 bits per heavy atom. The number of rotatable bonds is 2. The fourth-order valence-corrected chi connectivity index (χ4v) is 2.01. The summed E-state index contributed by atoms with van der Waals surface area (Å²) in [6.07, 6.45) is 1.55. The van der Waals surface area contributed by atoms with Gasteiger partial charge in [0, 0.05) is 17.3 Å². The van der Waals surface area contributed by atoms with Crippen LogP contribution in [0.2, 0.25) is 10.3 Å². The van der Waals surface area contributed by atoms with Crippen LogP contribution in [0.4, 0.5) is 0 Å². The quantitative estimate of drug-likeness (QED) is 0.766. The summed E-state index contributed by atoms with van der Waals surface area (Å²) in [5, 5.41) is 0.847. The highest BCUT2D eigenvalue weighted by Gasteiger charge is 2.08. The molecule has 0 fully saturated rings. The predicted octanol–water partition coefficient (Wildman–Crippen LogP) is 4.19. The maximum Gasteiger partial charge on any atom is 0.225 e. The second-order valence-electron chi connectivity index (χ2n) is 3.63. The van der Waals surface area contributed by atoms with Crippen LogP contribution < -0.4 is 4.74 Å². The maximum absolute atomic E-state index is 5.95. The third-order valence-corrected chi connectivity index (χ3v) is 2.63. The van der Waals surface area contributed by atoms with E-state index in [0.29, 0.717) is 10.9 Å². The van der Waals surface area contributed by atoms with Crippen molar-refractivity contribution in [3.8, 4) is 11.6 Å². The Kier molecular flexibility index (Phi) is 3.50. The van der Waals surface area contributed by atoms with E-state index in [1.165, 1.54) is 0 Å². The number of aromatic nitrogens is 2. The first-order valence-corrected chi connectivity index (χ1v) is 5.75. The van der Waals surface area contributed by atoms with Gasteiger partial charge in [-0.15, -0.1) is 0 Å². The first-order chi connectivity index (χ1) is 8.06.